The molecule has 0 spiro atoms. The standard InChI is InChI=1S/C13H22N4O2/c1-9(2)10-14-11(17-16-10)12(19)15-13(8-18)6-4-3-5-7-13/h9,18H,3-8H2,1-2H3,(H,15,19)(H,14,16,17). The zero-order chi connectivity index (χ0) is 13.9. The third kappa shape index (κ3) is 3.12. The van der Waals surface area contributed by atoms with Crippen LogP contribution in [0.25, 0.3) is 0 Å². The van der Waals surface area contributed by atoms with E-state index in [1.165, 1.54) is 0 Å². The number of carbonyl (C=O) groups is 1. The molecule has 0 aliphatic heterocycles. The van der Waals surface area contributed by atoms with Crippen LogP contribution >= 0.6 is 0 Å². The third-order valence-corrected chi connectivity index (χ3v) is 3.74. The van der Waals surface area contributed by atoms with Crippen molar-refractivity contribution in [1.29, 1.82) is 0 Å². The van der Waals surface area contributed by atoms with Crippen molar-refractivity contribution < 1.29 is 9.90 Å². The zero-order valence-corrected chi connectivity index (χ0v) is 11.6. The fourth-order valence-corrected chi connectivity index (χ4v) is 2.48. The second-order valence-electron chi connectivity index (χ2n) is 5.65. The highest BCUT2D eigenvalue weighted by atomic mass is 16.3. The highest BCUT2D eigenvalue weighted by Gasteiger charge is 2.34. The molecule has 0 radical (unpaired) electrons. The van der Waals surface area contributed by atoms with Crippen LogP contribution < -0.4 is 5.32 Å². The summed E-state index contributed by atoms with van der Waals surface area (Å²) in [6.45, 7) is 3.94. The van der Waals surface area contributed by atoms with Crippen molar-refractivity contribution in [3.8, 4) is 0 Å². The predicted octanol–water partition coefficient (Wildman–Crippen LogP) is 1.35. The van der Waals surface area contributed by atoms with Gasteiger partial charge in [-0.2, -0.15) is 0 Å². The van der Waals surface area contributed by atoms with E-state index in [1.54, 1.807) is 0 Å². The Morgan fingerprint density at radius 3 is 2.63 bits per heavy atom. The van der Waals surface area contributed by atoms with Gasteiger partial charge in [-0.15, -0.1) is 5.10 Å². The lowest BCUT2D eigenvalue weighted by Crippen LogP contribution is -2.52. The average molecular weight is 266 g/mol. The number of nitrogens with one attached hydrogen (secondary N) is 2. The number of hydrogen-bond donors (Lipinski definition) is 3. The number of aliphatic hydroxyl groups excluding tert-OH is 1. The van der Waals surface area contributed by atoms with Crippen LogP contribution in [0.3, 0.4) is 0 Å². The molecule has 1 aliphatic carbocycles. The summed E-state index contributed by atoms with van der Waals surface area (Å²) in [4.78, 5) is 16.3. The molecule has 1 amide bonds. The zero-order valence-electron chi connectivity index (χ0n) is 11.6. The Hall–Kier alpha value is -1.43. The lowest BCUT2D eigenvalue weighted by molar-refractivity contribution is 0.0749. The molecule has 1 heterocycles. The number of aromatic amines is 1. The van der Waals surface area contributed by atoms with Gasteiger partial charge in [-0.3, -0.25) is 9.89 Å². The van der Waals surface area contributed by atoms with Gasteiger partial charge in [-0.1, -0.05) is 33.1 Å². The molecule has 0 atom stereocenters. The molecule has 0 saturated heterocycles. The van der Waals surface area contributed by atoms with Gasteiger partial charge in [0.2, 0.25) is 5.82 Å². The molecule has 0 bridgehead atoms. The van der Waals surface area contributed by atoms with Gasteiger partial charge in [-0.25, -0.2) is 4.98 Å². The first-order chi connectivity index (χ1) is 9.06. The van der Waals surface area contributed by atoms with Crippen LogP contribution in [-0.2, 0) is 0 Å². The first kappa shape index (κ1) is 14.0. The SMILES string of the molecule is CC(C)c1nc(C(=O)NC2(CO)CCCCC2)n[nH]1. The molecule has 106 valence electrons. The Labute approximate surface area is 113 Å². The van der Waals surface area contributed by atoms with Crippen molar-refractivity contribution in [2.45, 2.75) is 57.4 Å². The molecule has 1 fully saturated rings. The summed E-state index contributed by atoms with van der Waals surface area (Å²) in [7, 11) is 0. The van der Waals surface area contributed by atoms with Crippen molar-refractivity contribution in [3.63, 3.8) is 0 Å². The molecule has 3 N–H and O–H groups in total. The van der Waals surface area contributed by atoms with Gasteiger partial charge >= 0.3 is 0 Å². The summed E-state index contributed by atoms with van der Waals surface area (Å²) in [5, 5.41) is 19.2. The largest absolute Gasteiger partial charge is 0.394 e. The van der Waals surface area contributed by atoms with E-state index in [9.17, 15) is 9.90 Å². The van der Waals surface area contributed by atoms with E-state index in [2.05, 4.69) is 20.5 Å². The normalized spacial score (nSPS) is 18.5. The number of nitrogens with zero attached hydrogens (tertiary/aromatic N) is 2. The average Bonchev–Trinajstić information content (AvgIpc) is 2.89. The molecule has 0 aromatic carbocycles. The maximum absolute atomic E-state index is 12.1. The smallest absolute Gasteiger partial charge is 0.291 e. The second-order valence-corrected chi connectivity index (χ2v) is 5.65. The van der Waals surface area contributed by atoms with Crippen LogP contribution in [0, 0.1) is 0 Å². The summed E-state index contributed by atoms with van der Waals surface area (Å²) in [5.41, 5.74) is -0.492. The van der Waals surface area contributed by atoms with E-state index in [4.69, 9.17) is 0 Å². The monoisotopic (exact) mass is 266 g/mol. The number of amides is 1. The Kier molecular flexibility index (Phi) is 4.19. The number of carbonyl (C=O) groups excluding carboxylic acids is 1. The number of H-pyrrole nitrogens is 1. The van der Waals surface area contributed by atoms with Gasteiger partial charge in [0.1, 0.15) is 5.82 Å². The van der Waals surface area contributed by atoms with Gasteiger partial charge in [0.05, 0.1) is 12.1 Å². The van der Waals surface area contributed by atoms with E-state index in [0.29, 0.717) is 5.82 Å². The molecule has 2 rings (SSSR count). The maximum Gasteiger partial charge on any atom is 0.291 e. The van der Waals surface area contributed by atoms with Gasteiger partial charge < -0.3 is 10.4 Å². The highest BCUT2D eigenvalue weighted by molar-refractivity contribution is 5.90. The minimum absolute atomic E-state index is 0.0276. The van der Waals surface area contributed by atoms with Crippen LogP contribution in [0.15, 0.2) is 0 Å². The molecule has 1 aliphatic rings. The topological polar surface area (TPSA) is 90.9 Å². The molecule has 1 aromatic heterocycles. The van der Waals surface area contributed by atoms with Crippen molar-refractivity contribution in [2.75, 3.05) is 6.61 Å². The Morgan fingerprint density at radius 2 is 2.11 bits per heavy atom. The fraction of sp³-hybridized carbons (Fsp3) is 0.769. The van der Waals surface area contributed by atoms with Gasteiger partial charge in [0, 0.05) is 5.92 Å². The molecule has 6 nitrogen and oxygen atoms in total. The predicted molar refractivity (Wildman–Crippen MR) is 70.8 cm³/mol. The molecule has 6 heteroatoms. The van der Waals surface area contributed by atoms with E-state index in [0.717, 1.165) is 32.1 Å². The molecule has 1 saturated carbocycles. The van der Waals surface area contributed by atoms with Crippen molar-refractivity contribution in [2.24, 2.45) is 0 Å². The number of hydrogen-bond acceptors (Lipinski definition) is 4. The fourth-order valence-electron chi connectivity index (χ4n) is 2.48. The number of rotatable bonds is 4. The quantitative estimate of drug-likeness (QED) is 0.767. The van der Waals surface area contributed by atoms with Crippen molar-refractivity contribution in [3.05, 3.63) is 11.6 Å². The van der Waals surface area contributed by atoms with Gasteiger partial charge in [0.25, 0.3) is 5.91 Å². The summed E-state index contributed by atoms with van der Waals surface area (Å²) in [6.07, 6.45) is 4.86. The van der Waals surface area contributed by atoms with Crippen LogP contribution in [0.2, 0.25) is 0 Å². The number of aromatic nitrogens is 3. The highest BCUT2D eigenvalue weighted by Crippen LogP contribution is 2.27. The van der Waals surface area contributed by atoms with Crippen LogP contribution in [0.4, 0.5) is 0 Å². The summed E-state index contributed by atoms with van der Waals surface area (Å²) < 4.78 is 0. The van der Waals surface area contributed by atoms with E-state index >= 15 is 0 Å². The maximum atomic E-state index is 12.1. The van der Waals surface area contributed by atoms with Crippen molar-refractivity contribution >= 4 is 5.91 Å². The lowest BCUT2D eigenvalue weighted by Gasteiger charge is -2.36. The van der Waals surface area contributed by atoms with E-state index in [1.807, 2.05) is 13.8 Å². The molecular formula is C13H22N4O2. The van der Waals surface area contributed by atoms with Gasteiger partial charge in [-0.05, 0) is 12.8 Å². The molecule has 0 unspecified atom stereocenters. The summed E-state index contributed by atoms with van der Waals surface area (Å²) in [5.74, 6) is 0.753. The molecular weight excluding hydrogens is 244 g/mol. The summed E-state index contributed by atoms with van der Waals surface area (Å²) in [6, 6.07) is 0. The summed E-state index contributed by atoms with van der Waals surface area (Å²) >= 11 is 0. The molecule has 1 aromatic rings. The molecule has 19 heavy (non-hydrogen) atoms. The Morgan fingerprint density at radius 1 is 1.42 bits per heavy atom. The second kappa shape index (κ2) is 5.69. The van der Waals surface area contributed by atoms with Crippen LogP contribution in [0.1, 0.15) is 68.3 Å². The first-order valence-corrected chi connectivity index (χ1v) is 6.92. The first-order valence-electron chi connectivity index (χ1n) is 6.92. The minimum Gasteiger partial charge on any atom is -0.394 e. The number of aliphatic hydroxyl groups is 1. The van der Waals surface area contributed by atoms with E-state index < -0.39 is 5.54 Å². The van der Waals surface area contributed by atoms with E-state index in [-0.39, 0.29) is 24.3 Å². The lowest BCUT2D eigenvalue weighted by atomic mass is 9.82. The Bertz CT molecular complexity index is 436. The Balaban J connectivity index is 2.06. The van der Waals surface area contributed by atoms with Gasteiger partial charge in [0.15, 0.2) is 0 Å². The van der Waals surface area contributed by atoms with Crippen LogP contribution in [-0.4, -0.2) is 38.3 Å². The third-order valence-electron chi connectivity index (χ3n) is 3.74. The minimum atomic E-state index is -0.492. The van der Waals surface area contributed by atoms with Crippen LogP contribution in [0.5, 0.6) is 0 Å². The van der Waals surface area contributed by atoms with Crippen molar-refractivity contribution in [1.82, 2.24) is 20.5 Å².